The maximum Gasteiger partial charge on any atom is 0.240 e. The molecule has 0 aromatic carbocycles. The Morgan fingerprint density at radius 3 is 2.57 bits per heavy atom. The number of carbonyl (C=O) groups excluding carboxylic acids is 1. The number of nitrogens with one attached hydrogen (secondary N) is 1. The van der Waals surface area contributed by atoms with E-state index in [-0.39, 0.29) is 11.9 Å². The highest BCUT2D eigenvalue weighted by molar-refractivity contribution is 7.71. The van der Waals surface area contributed by atoms with Crippen LogP contribution in [0.3, 0.4) is 0 Å². The topological polar surface area (TPSA) is 34.0 Å². The third-order valence-electron chi connectivity index (χ3n) is 1.64. The summed E-state index contributed by atoms with van der Waals surface area (Å²) in [7, 11) is 0. The van der Waals surface area contributed by atoms with Crippen LogP contribution in [0.5, 0.6) is 0 Å². The predicted molar refractivity (Wildman–Crippen MR) is 58.5 cm³/mol. The molecule has 0 spiro atoms. The largest absolute Gasteiger partial charge is 0.352 e. The van der Waals surface area contributed by atoms with E-state index in [1.165, 1.54) is 0 Å². The van der Waals surface area contributed by atoms with Gasteiger partial charge in [0.1, 0.15) is 6.54 Å². The quantitative estimate of drug-likeness (QED) is 0.771. The molecule has 1 rings (SSSR count). The SMILES string of the molecule is CC(C)NC(=O)Cn1ccc(=S)cc1. The van der Waals surface area contributed by atoms with Gasteiger partial charge in [0, 0.05) is 22.9 Å². The number of carbonyl (C=O) groups is 1. The fourth-order valence-electron chi connectivity index (χ4n) is 1.08. The standard InChI is InChI=1S/C10H14N2OS/c1-8(2)11-10(13)7-12-5-3-9(14)4-6-12/h3-6,8H,7H2,1-2H3,(H,11,13). The van der Waals surface area contributed by atoms with Crippen LogP contribution in [0.2, 0.25) is 0 Å². The molecule has 0 radical (unpaired) electrons. The molecule has 0 bridgehead atoms. The molecule has 14 heavy (non-hydrogen) atoms. The Balaban J connectivity index is 2.56. The van der Waals surface area contributed by atoms with E-state index in [1.807, 2.05) is 26.2 Å². The van der Waals surface area contributed by atoms with E-state index < -0.39 is 0 Å². The number of nitrogens with zero attached hydrogens (tertiary/aromatic N) is 1. The van der Waals surface area contributed by atoms with Crippen molar-refractivity contribution in [3.63, 3.8) is 0 Å². The highest BCUT2D eigenvalue weighted by Gasteiger charge is 2.02. The summed E-state index contributed by atoms with van der Waals surface area (Å²) in [6.07, 6.45) is 3.62. The molecule has 0 fully saturated rings. The molecular formula is C10H14N2OS. The van der Waals surface area contributed by atoms with Crippen LogP contribution in [-0.4, -0.2) is 16.5 Å². The maximum absolute atomic E-state index is 11.3. The summed E-state index contributed by atoms with van der Waals surface area (Å²) in [6, 6.07) is 3.79. The van der Waals surface area contributed by atoms with Crippen molar-refractivity contribution in [1.29, 1.82) is 0 Å². The smallest absolute Gasteiger partial charge is 0.240 e. The van der Waals surface area contributed by atoms with Crippen molar-refractivity contribution >= 4 is 18.1 Å². The van der Waals surface area contributed by atoms with Crippen LogP contribution < -0.4 is 5.32 Å². The summed E-state index contributed by atoms with van der Waals surface area (Å²) in [6.45, 7) is 4.22. The van der Waals surface area contributed by atoms with Crippen molar-refractivity contribution in [3.8, 4) is 0 Å². The first-order valence-electron chi connectivity index (χ1n) is 4.53. The third-order valence-corrected chi connectivity index (χ3v) is 1.91. The molecule has 0 unspecified atom stereocenters. The van der Waals surface area contributed by atoms with Gasteiger partial charge in [0.25, 0.3) is 0 Å². The lowest BCUT2D eigenvalue weighted by atomic mass is 10.4. The second-order valence-corrected chi connectivity index (χ2v) is 3.90. The molecule has 1 heterocycles. The van der Waals surface area contributed by atoms with E-state index in [2.05, 4.69) is 5.32 Å². The van der Waals surface area contributed by atoms with E-state index >= 15 is 0 Å². The Labute approximate surface area is 88.8 Å². The molecule has 1 aromatic heterocycles. The van der Waals surface area contributed by atoms with Gasteiger partial charge in [-0.2, -0.15) is 0 Å². The molecule has 0 aliphatic rings. The van der Waals surface area contributed by atoms with Crippen LogP contribution in [0.4, 0.5) is 0 Å². The van der Waals surface area contributed by atoms with Gasteiger partial charge in [0.15, 0.2) is 0 Å². The van der Waals surface area contributed by atoms with Gasteiger partial charge >= 0.3 is 0 Å². The number of hydrogen-bond acceptors (Lipinski definition) is 2. The fourth-order valence-corrected chi connectivity index (χ4v) is 1.20. The van der Waals surface area contributed by atoms with Crippen LogP contribution in [-0.2, 0) is 11.3 Å². The van der Waals surface area contributed by atoms with Gasteiger partial charge in [-0.05, 0) is 26.0 Å². The van der Waals surface area contributed by atoms with Crippen molar-refractivity contribution in [2.24, 2.45) is 0 Å². The number of pyridine rings is 1. The average molecular weight is 210 g/mol. The molecule has 0 aliphatic carbocycles. The van der Waals surface area contributed by atoms with Gasteiger partial charge in [0.05, 0.1) is 0 Å². The number of aromatic nitrogens is 1. The Kier molecular flexibility index (Phi) is 3.83. The minimum atomic E-state index is 0.0159. The molecule has 76 valence electrons. The Morgan fingerprint density at radius 2 is 2.07 bits per heavy atom. The number of hydrogen-bond donors (Lipinski definition) is 1. The zero-order valence-corrected chi connectivity index (χ0v) is 9.17. The number of amides is 1. The first-order chi connectivity index (χ1) is 6.58. The van der Waals surface area contributed by atoms with E-state index in [9.17, 15) is 4.79 Å². The Morgan fingerprint density at radius 1 is 1.50 bits per heavy atom. The zero-order valence-electron chi connectivity index (χ0n) is 8.36. The average Bonchev–Trinajstić information content (AvgIpc) is 2.07. The highest BCUT2D eigenvalue weighted by atomic mass is 32.1. The lowest BCUT2D eigenvalue weighted by Gasteiger charge is -2.09. The van der Waals surface area contributed by atoms with Gasteiger partial charge in [-0.25, -0.2) is 0 Å². The van der Waals surface area contributed by atoms with Crippen molar-refractivity contribution in [3.05, 3.63) is 29.0 Å². The molecule has 1 amide bonds. The highest BCUT2D eigenvalue weighted by Crippen LogP contribution is 1.92. The predicted octanol–water partition coefficient (Wildman–Crippen LogP) is 1.74. The third kappa shape index (κ3) is 3.70. The lowest BCUT2D eigenvalue weighted by Crippen LogP contribution is -2.32. The van der Waals surface area contributed by atoms with Crippen molar-refractivity contribution in [2.45, 2.75) is 26.4 Å². The van der Waals surface area contributed by atoms with E-state index in [0.29, 0.717) is 6.54 Å². The van der Waals surface area contributed by atoms with E-state index in [4.69, 9.17) is 12.2 Å². The monoisotopic (exact) mass is 210 g/mol. The van der Waals surface area contributed by atoms with Gasteiger partial charge in [0.2, 0.25) is 5.91 Å². The maximum atomic E-state index is 11.3. The molecule has 0 aliphatic heterocycles. The first kappa shape index (κ1) is 10.9. The normalized spacial score (nSPS) is 10.2. The van der Waals surface area contributed by atoms with E-state index in [1.54, 1.807) is 16.7 Å². The summed E-state index contributed by atoms with van der Waals surface area (Å²) in [5.74, 6) is 0.0159. The van der Waals surface area contributed by atoms with Crippen molar-refractivity contribution in [1.82, 2.24) is 9.88 Å². The van der Waals surface area contributed by atoms with Gasteiger partial charge in [-0.1, -0.05) is 12.2 Å². The first-order valence-corrected chi connectivity index (χ1v) is 4.94. The van der Waals surface area contributed by atoms with Crippen molar-refractivity contribution < 1.29 is 4.79 Å². The molecular weight excluding hydrogens is 196 g/mol. The second-order valence-electron chi connectivity index (χ2n) is 3.43. The van der Waals surface area contributed by atoms with Gasteiger partial charge < -0.3 is 9.88 Å². The second kappa shape index (κ2) is 4.91. The Hall–Kier alpha value is -1.16. The molecule has 0 saturated carbocycles. The lowest BCUT2D eigenvalue weighted by molar-refractivity contribution is -0.122. The number of rotatable bonds is 3. The molecule has 0 atom stereocenters. The molecule has 1 N–H and O–H groups in total. The minimum Gasteiger partial charge on any atom is -0.352 e. The van der Waals surface area contributed by atoms with Crippen LogP contribution in [0.15, 0.2) is 24.5 Å². The van der Waals surface area contributed by atoms with Crippen LogP contribution in [0.1, 0.15) is 13.8 Å². The molecule has 3 nitrogen and oxygen atoms in total. The summed E-state index contributed by atoms with van der Waals surface area (Å²) in [5.41, 5.74) is 0. The van der Waals surface area contributed by atoms with E-state index in [0.717, 1.165) is 4.51 Å². The summed E-state index contributed by atoms with van der Waals surface area (Å²) in [5, 5.41) is 2.82. The molecule has 1 aromatic rings. The fraction of sp³-hybridized carbons (Fsp3) is 0.400. The molecule has 0 saturated heterocycles. The molecule has 4 heteroatoms. The summed E-state index contributed by atoms with van der Waals surface area (Å²) in [4.78, 5) is 11.3. The van der Waals surface area contributed by atoms with Gasteiger partial charge in [-0.3, -0.25) is 4.79 Å². The summed E-state index contributed by atoms with van der Waals surface area (Å²) < 4.78 is 2.58. The zero-order chi connectivity index (χ0) is 10.6. The minimum absolute atomic E-state index is 0.0159. The Bertz CT molecular complexity index is 350. The van der Waals surface area contributed by atoms with Gasteiger partial charge in [-0.15, -0.1) is 0 Å². The van der Waals surface area contributed by atoms with Crippen LogP contribution in [0.25, 0.3) is 0 Å². The van der Waals surface area contributed by atoms with Crippen LogP contribution >= 0.6 is 12.2 Å². The van der Waals surface area contributed by atoms with Crippen LogP contribution in [0, 0.1) is 4.51 Å². The van der Waals surface area contributed by atoms with Crippen molar-refractivity contribution in [2.75, 3.05) is 0 Å². The summed E-state index contributed by atoms with van der Waals surface area (Å²) >= 11 is 4.94.